The van der Waals surface area contributed by atoms with Crippen molar-refractivity contribution in [1.82, 2.24) is 0 Å². The maximum atomic E-state index is 9.62. The van der Waals surface area contributed by atoms with Crippen LogP contribution in [0.3, 0.4) is 0 Å². The maximum Gasteiger partial charge on any atom is 0.0490 e. The fraction of sp³-hybridized carbons (Fsp3) is 0.900. The average molecular weight is 297 g/mol. The Hall–Kier alpha value is -0.300. The molecule has 0 rings (SSSR count). The molecule has 0 radical (unpaired) electrons. The normalized spacial score (nSPS) is 14.0. The number of aliphatic hydroxyl groups excluding tert-OH is 1. The quantitative estimate of drug-likeness (QED) is 0.249. The van der Waals surface area contributed by atoms with Gasteiger partial charge in [0.15, 0.2) is 0 Å². The van der Waals surface area contributed by atoms with Crippen molar-refractivity contribution in [2.24, 2.45) is 5.41 Å². The van der Waals surface area contributed by atoms with Crippen molar-refractivity contribution in [2.45, 2.75) is 104 Å². The summed E-state index contributed by atoms with van der Waals surface area (Å²) in [6.07, 6.45) is 20.4. The predicted molar refractivity (Wildman–Crippen MR) is 95.7 cm³/mol. The Morgan fingerprint density at radius 1 is 0.810 bits per heavy atom. The van der Waals surface area contributed by atoms with Crippen LogP contribution in [0.1, 0.15) is 104 Å². The summed E-state index contributed by atoms with van der Waals surface area (Å²) in [5.74, 6) is 0. The van der Waals surface area contributed by atoms with Crippen LogP contribution in [0.15, 0.2) is 12.7 Å². The Bertz CT molecular complexity index is 218. The summed E-state index contributed by atoms with van der Waals surface area (Å²) >= 11 is 0. The second-order valence-electron chi connectivity index (χ2n) is 6.79. The molecule has 0 aromatic carbocycles. The number of allylic oxidation sites excluding steroid dienone is 1. The van der Waals surface area contributed by atoms with Crippen molar-refractivity contribution >= 4 is 0 Å². The van der Waals surface area contributed by atoms with Crippen molar-refractivity contribution in [3.8, 4) is 0 Å². The first-order valence-electron chi connectivity index (χ1n) is 9.46. The molecule has 0 heterocycles. The standard InChI is InChI=1S/C20H40O/c1-4-7-8-9-10-11-12-13-14-15-16-18-20(6-3,19-21)17-5-2/h5,21H,2,4,6-19H2,1,3H3. The summed E-state index contributed by atoms with van der Waals surface area (Å²) in [5, 5.41) is 9.62. The van der Waals surface area contributed by atoms with Crippen LogP contribution in [0.4, 0.5) is 0 Å². The van der Waals surface area contributed by atoms with Crippen LogP contribution in [-0.4, -0.2) is 11.7 Å². The summed E-state index contributed by atoms with van der Waals surface area (Å²) in [6.45, 7) is 8.62. The third kappa shape index (κ3) is 11.0. The van der Waals surface area contributed by atoms with Gasteiger partial charge in [0.05, 0.1) is 0 Å². The topological polar surface area (TPSA) is 20.2 Å². The third-order valence-electron chi connectivity index (χ3n) is 4.97. The van der Waals surface area contributed by atoms with Gasteiger partial charge in [-0.15, -0.1) is 6.58 Å². The highest BCUT2D eigenvalue weighted by atomic mass is 16.3. The van der Waals surface area contributed by atoms with E-state index in [1.165, 1.54) is 70.6 Å². The van der Waals surface area contributed by atoms with E-state index in [1.807, 2.05) is 6.08 Å². The Morgan fingerprint density at radius 3 is 1.67 bits per heavy atom. The molecule has 0 aromatic rings. The molecule has 126 valence electrons. The first-order valence-corrected chi connectivity index (χ1v) is 9.46. The molecule has 0 aromatic heterocycles. The lowest BCUT2D eigenvalue weighted by Crippen LogP contribution is -2.23. The van der Waals surface area contributed by atoms with Crippen molar-refractivity contribution in [2.75, 3.05) is 6.61 Å². The van der Waals surface area contributed by atoms with E-state index in [0.29, 0.717) is 6.61 Å². The van der Waals surface area contributed by atoms with E-state index in [1.54, 1.807) is 0 Å². The van der Waals surface area contributed by atoms with Crippen molar-refractivity contribution in [1.29, 1.82) is 0 Å². The van der Waals surface area contributed by atoms with Crippen molar-refractivity contribution in [3.05, 3.63) is 12.7 Å². The number of aliphatic hydroxyl groups is 1. The average Bonchev–Trinajstić information content (AvgIpc) is 2.51. The van der Waals surface area contributed by atoms with E-state index in [0.717, 1.165) is 19.3 Å². The molecule has 0 fully saturated rings. The molecular weight excluding hydrogens is 256 g/mol. The second kappa shape index (κ2) is 14.6. The monoisotopic (exact) mass is 296 g/mol. The van der Waals surface area contributed by atoms with Crippen LogP contribution >= 0.6 is 0 Å². The van der Waals surface area contributed by atoms with E-state index < -0.39 is 0 Å². The fourth-order valence-electron chi connectivity index (χ4n) is 3.15. The van der Waals surface area contributed by atoms with Gasteiger partial charge in [0.25, 0.3) is 0 Å². The Kier molecular flexibility index (Phi) is 14.4. The zero-order valence-electron chi connectivity index (χ0n) is 14.8. The first kappa shape index (κ1) is 20.7. The SMILES string of the molecule is C=CCC(CC)(CO)CCCCCCCCCCCCC. The minimum atomic E-state index is 0.112. The maximum absolute atomic E-state index is 9.62. The van der Waals surface area contributed by atoms with E-state index in [4.69, 9.17) is 0 Å². The van der Waals surface area contributed by atoms with Gasteiger partial charge in [0, 0.05) is 6.61 Å². The number of hydrogen-bond donors (Lipinski definition) is 1. The Morgan fingerprint density at radius 2 is 1.29 bits per heavy atom. The zero-order valence-corrected chi connectivity index (χ0v) is 14.8. The van der Waals surface area contributed by atoms with Crippen LogP contribution in [0, 0.1) is 5.41 Å². The van der Waals surface area contributed by atoms with Gasteiger partial charge in [0.2, 0.25) is 0 Å². The lowest BCUT2D eigenvalue weighted by Gasteiger charge is -2.29. The molecule has 0 amide bonds. The molecule has 21 heavy (non-hydrogen) atoms. The molecule has 1 heteroatoms. The van der Waals surface area contributed by atoms with Gasteiger partial charge in [-0.25, -0.2) is 0 Å². The molecule has 0 saturated carbocycles. The molecule has 0 aliphatic carbocycles. The summed E-state index contributed by atoms with van der Waals surface area (Å²) in [4.78, 5) is 0. The van der Waals surface area contributed by atoms with Gasteiger partial charge in [-0.2, -0.15) is 0 Å². The molecule has 1 nitrogen and oxygen atoms in total. The summed E-state index contributed by atoms with van der Waals surface area (Å²) in [7, 11) is 0. The Labute approximate surface area is 134 Å². The van der Waals surface area contributed by atoms with Crippen LogP contribution in [0.2, 0.25) is 0 Å². The molecule has 1 unspecified atom stereocenters. The second-order valence-corrected chi connectivity index (χ2v) is 6.79. The Balaban J connectivity index is 3.44. The summed E-state index contributed by atoms with van der Waals surface area (Å²) in [5.41, 5.74) is 0.112. The predicted octanol–water partition coefficient (Wildman–Crippen LogP) is 6.65. The highest BCUT2D eigenvalue weighted by Gasteiger charge is 2.24. The third-order valence-corrected chi connectivity index (χ3v) is 4.97. The molecule has 0 bridgehead atoms. The van der Waals surface area contributed by atoms with E-state index in [9.17, 15) is 5.11 Å². The highest BCUT2D eigenvalue weighted by molar-refractivity contribution is 4.85. The van der Waals surface area contributed by atoms with Gasteiger partial charge in [0.1, 0.15) is 0 Å². The van der Waals surface area contributed by atoms with E-state index in [2.05, 4.69) is 20.4 Å². The van der Waals surface area contributed by atoms with Crippen LogP contribution in [-0.2, 0) is 0 Å². The lowest BCUT2D eigenvalue weighted by molar-refractivity contribution is 0.109. The molecule has 1 atom stereocenters. The largest absolute Gasteiger partial charge is 0.396 e. The smallest absolute Gasteiger partial charge is 0.0490 e. The number of rotatable bonds is 16. The molecule has 0 aliphatic heterocycles. The molecule has 0 aliphatic rings. The summed E-state index contributed by atoms with van der Waals surface area (Å²) < 4.78 is 0. The van der Waals surface area contributed by atoms with Crippen molar-refractivity contribution in [3.63, 3.8) is 0 Å². The van der Waals surface area contributed by atoms with Gasteiger partial charge in [-0.05, 0) is 24.7 Å². The van der Waals surface area contributed by atoms with Gasteiger partial charge in [-0.1, -0.05) is 90.6 Å². The van der Waals surface area contributed by atoms with Gasteiger partial charge < -0.3 is 5.11 Å². The number of hydrogen-bond acceptors (Lipinski definition) is 1. The van der Waals surface area contributed by atoms with E-state index in [-0.39, 0.29) is 5.41 Å². The van der Waals surface area contributed by atoms with Crippen LogP contribution < -0.4 is 0 Å². The fourth-order valence-corrected chi connectivity index (χ4v) is 3.15. The number of unbranched alkanes of at least 4 members (excludes halogenated alkanes) is 10. The zero-order chi connectivity index (χ0) is 15.8. The molecule has 0 spiro atoms. The van der Waals surface area contributed by atoms with E-state index >= 15 is 0 Å². The minimum absolute atomic E-state index is 0.112. The van der Waals surface area contributed by atoms with Gasteiger partial charge >= 0.3 is 0 Å². The van der Waals surface area contributed by atoms with Crippen LogP contribution in [0.5, 0.6) is 0 Å². The van der Waals surface area contributed by atoms with Gasteiger partial charge in [-0.3, -0.25) is 0 Å². The summed E-state index contributed by atoms with van der Waals surface area (Å²) in [6, 6.07) is 0. The van der Waals surface area contributed by atoms with Crippen molar-refractivity contribution < 1.29 is 5.11 Å². The molecular formula is C20H40O. The minimum Gasteiger partial charge on any atom is -0.396 e. The lowest BCUT2D eigenvalue weighted by atomic mass is 9.78. The van der Waals surface area contributed by atoms with Crippen LogP contribution in [0.25, 0.3) is 0 Å². The molecule has 1 N–H and O–H groups in total. The first-order chi connectivity index (χ1) is 10.2. The molecule has 0 saturated heterocycles. The highest BCUT2D eigenvalue weighted by Crippen LogP contribution is 2.32.